The Morgan fingerprint density at radius 2 is 1.44 bits per heavy atom. The molecule has 2 aromatic rings. The lowest BCUT2D eigenvalue weighted by Crippen LogP contribution is -2.51. The van der Waals surface area contributed by atoms with Crippen LogP contribution < -0.4 is 22.5 Å². The van der Waals surface area contributed by atoms with Crippen molar-refractivity contribution in [1.29, 1.82) is 5.26 Å². The summed E-state index contributed by atoms with van der Waals surface area (Å²) in [5, 5.41) is 18.3. The van der Waals surface area contributed by atoms with Gasteiger partial charge in [-0.2, -0.15) is 5.26 Å². The molecule has 2 saturated heterocycles. The van der Waals surface area contributed by atoms with Gasteiger partial charge in [0.15, 0.2) is 20.7 Å². The number of hydrogen-bond donors (Lipinski definition) is 3. The van der Waals surface area contributed by atoms with E-state index in [0.717, 1.165) is 21.3 Å². The van der Waals surface area contributed by atoms with Gasteiger partial charge in [0.2, 0.25) is 0 Å². The van der Waals surface area contributed by atoms with Crippen molar-refractivity contribution in [1.82, 2.24) is 19.1 Å². The molecule has 0 aliphatic carbocycles. The first kappa shape index (κ1) is 40.0. The van der Waals surface area contributed by atoms with Crippen LogP contribution in [0.25, 0.3) is 0 Å². The van der Waals surface area contributed by atoms with Crippen LogP contribution in [0, 0.1) is 11.3 Å². The van der Waals surface area contributed by atoms with Gasteiger partial charge in [0, 0.05) is 31.2 Å². The summed E-state index contributed by atoms with van der Waals surface area (Å²) in [4.78, 5) is 49.7. The molecule has 2 fully saturated rings. The molecule has 45 heavy (non-hydrogen) atoms. The summed E-state index contributed by atoms with van der Waals surface area (Å²) in [6.45, 7) is 5.53. The molecule has 4 heterocycles. The number of rotatable bonds is 9. The normalized spacial score (nSPS) is 28.3. The van der Waals surface area contributed by atoms with Crippen LogP contribution in [0.4, 0.5) is 8.78 Å². The SMILES string of the molecule is C.C.CCC1OCC(n2ccc(=O)[nH]c2=O)C(F)C1O.CCC1OCC(n2ccc(=O)[nH]c2=O)C(F)C1OP(C)OCCC#N. The Morgan fingerprint density at radius 3 is 1.91 bits per heavy atom. The minimum absolute atomic E-state index is 0. The summed E-state index contributed by atoms with van der Waals surface area (Å²) in [6.07, 6.45) is -2.59. The van der Waals surface area contributed by atoms with Crippen LogP contribution in [0.2, 0.25) is 0 Å². The molecule has 0 spiro atoms. The fourth-order valence-corrected chi connectivity index (χ4v) is 5.78. The van der Waals surface area contributed by atoms with E-state index in [1.807, 2.05) is 18.0 Å². The van der Waals surface area contributed by atoms with E-state index >= 15 is 4.39 Å². The quantitative estimate of drug-likeness (QED) is 0.265. The van der Waals surface area contributed by atoms with Gasteiger partial charge < -0.3 is 23.6 Å². The van der Waals surface area contributed by atoms with E-state index in [1.165, 1.54) is 12.4 Å². The molecule has 4 rings (SSSR count). The Labute approximate surface area is 260 Å². The van der Waals surface area contributed by atoms with Gasteiger partial charge in [-0.15, -0.1) is 0 Å². The maximum Gasteiger partial charge on any atom is 0.328 e. The molecule has 17 heteroatoms. The molecule has 0 saturated carbocycles. The van der Waals surface area contributed by atoms with Crippen molar-refractivity contribution in [3.63, 3.8) is 0 Å². The third-order valence-electron chi connectivity index (χ3n) is 7.06. The largest absolute Gasteiger partial charge is 0.387 e. The molecule has 254 valence electrons. The standard InChI is InChI=1S/C15H21FN3O5P.C11H15FN2O4.2CH4/c1-3-11-14(24-25(2)23-8-4-6-17)13(16)10(9-22-11)19-7-5-12(20)18-15(19)21;1-2-7-10(16)9(12)6(5-18-7)14-4-3-8(15)13-11(14)17;;/h5,7,10-11,13-14H,3-4,8-9H2,1-2H3,(H,18,20,21);3-4,6-7,9-10,16H,2,5H2,1H3,(H,13,15,17);2*1H4. The number of hydrogen-bond acceptors (Lipinski definition) is 10. The third kappa shape index (κ3) is 10.2. The van der Waals surface area contributed by atoms with E-state index in [9.17, 15) is 28.7 Å². The van der Waals surface area contributed by atoms with Gasteiger partial charge in [-0.1, -0.05) is 28.7 Å². The number of aliphatic hydroxyl groups excluding tert-OH is 1. The van der Waals surface area contributed by atoms with Gasteiger partial charge in [-0.05, 0) is 12.8 Å². The third-order valence-corrected chi connectivity index (χ3v) is 8.15. The number of H-pyrrole nitrogens is 2. The van der Waals surface area contributed by atoms with Gasteiger partial charge in [-0.3, -0.25) is 28.7 Å². The molecule has 2 aromatic heterocycles. The molecule has 0 aromatic carbocycles. The smallest absolute Gasteiger partial charge is 0.328 e. The Balaban J connectivity index is 0.000000451. The molecular formula is C28H44F2N5O9P. The number of nitrogens with one attached hydrogen (secondary N) is 2. The van der Waals surface area contributed by atoms with Gasteiger partial charge in [0.25, 0.3) is 11.1 Å². The number of nitriles is 1. The van der Waals surface area contributed by atoms with E-state index in [2.05, 4.69) is 4.98 Å². The summed E-state index contributed by atoms with van der Waals surface area (Å²) < 4.78 is 53.4. The number of alkyl halides is 2. The molecule has 2 aliphatic rings. The fourth-order valence-electron chi connectivity index (χ4n) is 4.78. The number of aromatic amines is 2. The summed E-state index contributed by atoms with van der Waals surface area (Å²) in [6, 6.07) is 2.42. The number of aliphatic hydroxyl groups is 1. The first-order valence-corrected chi connectivity index (χ1v) is 15.4. The zero-order valence-electron chi connectivity index (χ0n) is 23.9. The molecule has 0 amide bonds. The molecular weight excluding hydrogens is 619 g/mol. The maximum atomic E-state index is 15.1. The monoisotopic (exact) mass is 663 g/mol. The van der Waals surface area contributed by atoms with Crippen molar-refractivity contribution < 1.29 is 32.4 Å². The molecule has 2 aliphatic heterocycles. The Morgan fingerprint density at radius 1 is 0.956 bits per heavy atom. The minimum atomic E-state index is -1.60. The topological polar surface area (TPSA) is 191 Å². The van der Waals surface area contributed by atoms with Crippen molar-refractivity contribution in [2.24, 2.45) is 0 Å². The average molecular weight is 664 g/mol. The highest BCUT2D eigenvalue weighted by Crippen LogP contribution is 2.41. The highest BCUT2D eigenvalue weighted by atomic mass is 31.2. The predicted octanol–water partition coefficient (Wildman–Crippen LogP) is 2.34. The van der Waals surface area contributed by atoms with Crippen molar-refractivity contribution in [2.45, 2.75) is 96.8 Å². The van der Waals surface area contributed by atoms with Gasteiger partial charge >= 0.3 is 11.4 Å². The number of nitrogens with zero attached hydrogens (tertiary/aromatic N) is 3. The van der Waals surface area contributed by atoms with E-state index in [1.54, 1.807) is 13.6 Å². The van der Waals surface area contributed by atoms with Crippen LogP contribution in [0.3, 0.4) is 0 Å². The van der Waals surface area contributed by atoms with Crippen LogP contribution in [0.15, 0.2) is 43.7 Å². The van der Waals surface area contributed by atoms with Crippen LogP contribution in [-0.2, 0) is 18.5 Å². The molecule has 3 N–H and O–H groups in total. The summed E-state index contributed by atoms with van der Waals surface area (Å²) in [5.41, 5.74) is -2.49. The zero-order chi connectivity index (χ0) is 31.7. The number of ether oxygens (including phenoxy) is 2. The first-order chi connectivity index (χ1) is 20.5. The lowest BCUT2D eigenvalue weighted by Gasteiger charge is -2.39. The zero-order valence-corrected chi connectivity index (χ0v) is 24.8. The van der Waals surface area contributed by atoms with Crippen LogP contribution in [0.1, 0.15) is 60.0 Å². The van der Waals surface area contributed by atoms with Crippen molar-refractivity contribution in [2.75, 3.05) is 26.5 Å². The van der Waals surface area contributed by atoms with Crippen molar-refractivity contribution >= 4 is 8.38 Å². The second kappa shape index (κ2) is 18.8. The van der Waals surface area contributed by atoms with Gasteiger partial charge in [-0.25, -0.2) is 18.4 Å². The Bertz CT molecular complexity index is 1460. The predicted molar refractivity (Wildman–Crippen MR) is 164 cm³/mol. The fraction of sp³-hybridized carbons (Fsp3) is 0.679. The molecule has 0 bridgehead atoms. The molecule has 14 nitrogen and oxygen atoms in total. The summed E-state index contributed by atoms with van der Waals surface area (Å²) in [7, 11) is -1.39. The lowest BCUT2D eigenvalue weighted by atomic mass is 9.97. The van der Waals surface area contributed by atoms with E-state index < -0.39 is 79.7 Å². The van der Waals surface area contributed by atoms with Gasteiger partial charge in [0.1, 0.15) is 12.2 Å². The summed E-state index contributed by atoms with van der Waals surface area (Å²) in [5.74, 6) is 0. The Hall–Kier alpha value is -3.06. The minimum Gasteiger partial charge on any atom is -0.387 e. The van der Waals surface area contributed by atoms with Crippen LogP contribution in [-0.4, -0.2) is 87.5 Å². The Kier molecular flexibility index (Phi) is 16.7. The summed E-state index contributed by atoms with van der Waals surface area (Å²) >= 11 is 0. The second-order valence-corrected chi connectivity index (χ2v) is 11.2. The first-order valence-electron chi connectivity index (χ1n) is 13.7. The number of halogens is 2. The second-order valence-electron chi connectivity index (χ2n) is 9.86. The highest BCUT2D eigenvalue weighted by Gasteiger charge is 2.43. The number of aromatic nitrogens is 4. The highest BCUT2D eigenvalue weighted by molar-refractivity contribution is 7.46. The van der Waals surface area contributed by atoms with E-state index in [4.69, 9.17) is 23.8 Å². The van der Waals surface area contributed by atoms with E-state index in [-0.39, 0.29) is 41.1 Å². The molecule has 9 unspecified atom stereocenters. The lowest BCUT2D eigenvalue weighted by molar-refractivity contribution is -0.137. The van der Waals surface area contributed by atoms with Crippen LogP contribution in [0.5, 0.6) is 0 Å². The van der Waals surface area contributed by atoms with Crippen LogP contribution >= 0.6 is 8.38 Å². The van der Waals surface area contributed by atoms with Crippen molar-refractivity contribution in [3.8, 4) is 6.07 Å². The molecule has 0 radical (unpaired) electrons. The van der Waals surface area contributed by atoms with Gasteiger partial charge in [0.05, 0.1) is 56.6 Å². The maximum absolute atomic E-state index is 15.1. The average Bonchev–Trinajstić information content (AvgIpc) is 2.97. The van der Waals surface area contributed by atoms with Crippen molar-refractivity contribution in [3.05, 3.63) is 66.2 Å². The van der Waals surface area contributed by atoms with E-state index in [0.29, 0.717) is 12.8 Å². The molecule has 9 atom stereocenters.